The number of hydrogen-bond acceptors (Lipinski definition) is 8. The number of hydrogen-bond donors (Lipinski definition) is 2. The average Bonchev–Trinajstić information content (AvgIpc) is 2.62. The highest BCUT2D eigenvalue weighted by molar-refractivity contribution is 5.68. The number of amides is 1. The molecular formula is C15H17N7O4. The molecular weight excluding hydrogens is 342 g/mol. The molecule has 0 bridgehead atoms. The first kappa shape index (κ1) is 17.3. The minimum atomic E-state index is -0.958. The molecule has 1 fully saturated rings. The first-order chi connectivity index (χ1) is 12.5. The predicted octanol–water partition coefficient (Wildman–Crippen LogP) is 1.71. The van der Waals surface area contributed by atoms with Gasteiger partial charge in [0.2, 0.25) is 5.82 Å². The van der Waals surface area contributed by atoms with Crippen molar-refractivity contribution < 1.29 is 14.8 Å². The van der Waals surface area contributed by atoms with Crippen LogP contribution in [0.1, 0.15) is 6.92 Å². The summed E-state index contributed by atoms with van der Waals surface area (Å²) in [6, 6.07) is 4.47. The van der Waals surface area contributed by atoms with Gasteiger partial charge in [-0.15, -0.1) is 0 Å². The Kier molecular flexibility index (Phi) is 4.78. The summed E-state index contributed by atoms with van der Waals surface area (Å²) in [7, 11) is 0. The number of rotatable bonds is 4. The number of carboxylic acid groups (broad SMARTS) is 1. The number of nitrogens with one attached hydrogen (secondary N) is 1. The Bertz CT molecular complexity index is 817. The van der Waals surface area contributed by atoms with Crippen molar-refractivity contribution in [1.29, 1.82) is 0 Å². The van der Waals surface area contributed by atoms with Crippen molar-refractivity contribution in [2.45, 2.75) is 13.0 Å². The summed E-state index contributed by atoms with van der Waals surface area (Å²) in [6.45, 7) is 3.02. The molecule has 0 saturated carbocycles. The number of piperazine rings is 1. The predicted molar refractivity (Wildman–Crippen MR) is 92.6 cm³/mol. The number of anilines is 3. The lowest BCUT2D eigenvalue weighted by Crippen LogP contribution is -2.53. The van der Waals surface area contributed by atoms with E-state index < -0.39 is 11.0 Å². The van der Waals surface area contributed by atoms with E-state index in [4.69, 9.17) is 5.11 Å². The smallest absolute Gasteiger partial charge is 0.407 e. The third-order valence-electron chi connectivity index (χ3n) is 4.10. The van der Waals surface area contributed by atoms with Crippen LogP contribution >= 0.6 is 0 Å². The average molecular weight is 359 g/mol. The van der Waals surface area contributed by atoms with E-state index in [1.54, 1.807) is 12.1 Å². The maximum Gasteiger partial charge on any atom is 0.407 e. The fourth-order valence-corrected chi connectivity index (χ4v) is 2.81. The molecule has 0 aromatic carbocycles. The highest BCUT2D eigenvalue weighted by atomic mass is 16.6. The molecule has 0 radical (unpaired) electrons. The highest BCUT2D eigenvalue weighted by Gasteiger charge is 2.28. The van der Waals surface area contributed by atoms with E-state index >= 15 is 0 Å². The van der Waals surface area contributed by atoms with Crippen LogP contribution in [0.3, 0.4) is 0 Å². The van der Waals surface area contributed by atoms with Gasteiger partial charge in [0, 0.05) is 31.7 Å². The van der Waals surface area contributed by atoms with Gasteiger partial charge in [0.15, 0.2) is 0 Å². The van der Waals surface area contributed by atoms with Crippen LogP contribution in [-0.4, -0.2) is 61.9 Å². The summed E-state index contributed by atoms with van der Waals surface area (Å²) >= 11 is 0. The molecule has 0 unspecified atom stereocenters. The molecule has 11 heteroatoms. The summed E-state index contributed by atoms with van der Waals surface area (Å²) in [5, 5.41) is 30.7. The number of pyridine rings is 1. The maximum atomic E-state index is 11.3. The van der Waals surface area contributed by atoms with Crippen LogP contribution in [0.2, 0.25) is 0 Å². The molecule has 26 heavy (non-hydrogen) atoms. The summed E-state index contributed by atoms with van der Waals surface area (Å²) in [6.07, 6.45) is 1.94. The minimum absolute atomic E-state index is 0.0911. The van der Waals surface area contributed by atoms with Gasteiger partial charge in [-0.2, -0.15) is 10.2 Å². The molecule has 2 N–H and O–H groups in total. The summed E-state index contributed by atoms with van der Waals surface area (Å²) < 4.78 is 0. The number of carbonyl (C=O) groups is 1. The zero-order valence-corrected chi connectivity index (χ0v) is 13.9. The van der Waals surface area contributed by atoms with Crippen molar-refractivity contribution in [3.05, 3.63) is 40.7 Å². The Morgan fingerprint density at radius 1 is 1.35 bits per heavy atom. The van der Waals surface area contributed by atoms with Gasteiger partial charge in [-0.25, -0.2) is 9.78 Å². The van der Waals surface area contributed by atoms with E-state index in [9.17, 15) is 14.9 Å². The third-order valence-corrected chi connectivity index (χ3v) is 4.10. The molecule has 1 aliphatic rings. The molecule has 136 valence electrons. The molecule has 3 rings (SSSR count). The van der Waals surface area contributed by atoms with Crippen molar-refractivity contribution in [3.8, 4) is 0 Å². The van der Waals surface area contributed by atoms with Gasteiger partial charge in [-0.1, -0.05) is 0 Å². The van der Waals surface area contributed by atoms with Crippen molar-refractivity contribution >= 4 is 29.1 Å². The second-order valence-corrected chi connectivity index (χ2v) is 5.82. The molecule has 1 atom stereocenters. The molecule has 2 aromatic heterocycles. The quantitative estimate of drug-likeness (QED) is 0.617. The van der Waals surface area contributed by atoms with Crippen molar-refractivity contribution in [2.75, 3.05) is 29.9 Å². The zero-order chi connectivity index (χ0) is 18.7. The molecule has 1 amide bonds. The Labute approximate surface area is 148 Å². The van der Waals surface area contributed by atoms with Crippen LogP contribution in [-0.2, 0) is 0 Å². The zero-order valence-electron chi connectivity index (χ0n) is 13.9. The van der Waals surface area contributed by atoms with Crippen LogP contribution in [0, 0.1) is 10.1 Å². The van der Waals surface area contributed by atoms with Crippen LogP contribution < -0.4 is 10.2 Å². The van der Waals surface area contributed by atoms with E-state index in [0.717, 1.165) is 0 Å². The van der Waals surface area contributed by atoms with Gasteiger partial charge >= 0.3 is 11.8 Å². The lowest BCUT2D eigenvalue weighted by Gasteiger charge is -2.39. The van der Waals surface area contributed by atoms with Crippen LogP contribution in [0.25, 0.3) is 0 Å². The minimum Gasteiger partial charge on any atom is -0.465 e. The summed E-state index contributed by atoms with van der Waals surface area (Å²) in [5.41, 5.74) is 0.360. The van der Waals surface area contributed by atoms with Gasteiger partial charge in [-0.3, -0.25) is 10.1 Å². The van der Waals surface area contributed by atoms with Crippen molar-refractivity contribution in [3.63, 3.8) is 0 Å². The fraction of sp³-hybridized carbons (Fsp3) is 0.333. The molecule has 3 heterocycles. The first-order valence-electron chi connectivity index (χ1n) is 7.89. The molecule has 11 nitrogen and oxygen atoms in total. The van der Waals surface area contributed by atoms with Gasteiger partial charge in [0.1, 0.15) is 5.82 Å². The molecule has 1 aliphatic heterocycles. The van der Waals surface area contributed by atoms with Crippen molar-refractivity contribution in [2.24, 2.45) is 0 Å². The molecule has 2 aromatic rings. The SMILES string of the molecule is C[C@@H]1CN(C(=O)O)CCN1c1ccc([N+](=O)[O-])c(Nc2ccnnc2)n1. The van der Waals surface area contributed by atoms with Crippen molar-refractivity contribution in [1.82, 2.24) is 20.1 Å². The van der Waals surface area contributed by atoms with E-state index in [-0.39, 0.29) is 17.5 Å². The number of nitro groups is 1. The third kappa shape index (κ3) is 3.61. The Hall–Kier alpha value is -3.50. The van der Waals surface area contributed by atoms with E-state index in [0.29, 0.717) is 31.1 Å². The first-order valence-corrected chi connectivity index (χ1v) is 7.89. The number of aromatic nitrogens is 3. The Balaban J connectivity index is 1.88. The van der Waals surface area contributed by atoms with Crippen LogP contribution in [0.5, 0.6) is 0 Å². The van der Waals surface area contributed by atoms with Gasteiger partial charge in [0.25, 0.3) is 0 Å². The second kappa shape index (κ2) is 7.17. The standard InChI is InChI=1S/C15H17N7O4/c1-10-9-20(15(23)24)6-7-21(10)13-3-2-12(22(25)26)14(19-13)18-11-4-5-16-17-8-11/h2-5,8,10H,6-7,9H2,1H3,(H,23,24)(H,16,18,19)/t10-/m1/s1. The summed E-state index contributed by atoms with van der Waals surface area (Å²) in [5.74, 6) is 0.631. The molecule has 0 spiro atoms. The fourth-order valence-electron chi connectivity index (χ4n) is 2.81. The second-order valence-electron chi connectivity index (χ2n) is 5.82. The normalized spacial score (nSPS) is 17.0. The lowest BCUT2D eigenvalue weighted by atomic mass is 10.2. The van der Waals surface area contributed by atoms with Crippen LogP contribution in [0.4, 0.5) is 27.8 Å². The lowest BCUT2D eigenvalue weighted by molar-refractivity contribution is -0.384. The number of nitrogens with zero attached hydrogens (tertiary/aromatic N) is 6. The molecule has 0 aliphatic carbocycles. The maximum absolute atomic E-state index is 11.3. The molecule has 1 saturated heterocycles. The van der Waals surface area contributed by atoms with E-state index in [2.05, 4.69) is 20.5 Å². The van der Waals surface area contributed by atoms with E-state index in [1.807, 2.05) is 11.8 Å². The Morgan fingerprint density at radius 2 is 2.15 bits per heavy atom. The Morgan fingerprint density at radius 3 is 2.77 bits per heavy atom. The topological polar surface area (TPSA) is 138 Å². The van der Waals surface area contributed by atoms with Gasteiger partial charge in [-0.05, 0) is 19.1 Å². The van der Waals surface area contributed by atoms with Crippen LogP contribution in [0.15, 0.2) is 30.6 Å². The summed E-state index contributed by atoms with van der Waals surface area (Å²) in [4.78, 5) is 29.6. The van der Waals surface area contributed by atoms with Gasteiger partial charge < -0.3 is 20.2 Å². The van der Waals surface area contributed by atoms with Gasteiger partial charge in [0.05, 0.1) is 23.0 Å². The monoisotopic (exact) mass is 359 g/mol. The van der Waals surface area contributed by atoms with E-state index in [1.165, 1.54) is 23.4 Å². The largest absolute Gasteiger partial charge is 0.465 e. The highest BCUT2D eigenvalue weighted by Crippen LogP contribution is 2.29.